The third-order valence-electron chi connectivity index (χ3n) is 5.57. The van der Waals surface area contributed by atoms with E-state index in [1.807, 2.05) is 36.4 Å². The third kappa shape index (κ3) is 4.98. The SMILES string of the molecule is Cc1ccccc1-c1c(C#N)sc2ccc(COc3ccc(CC/C(=N/N)NN)cc3)cc12. The highest BCUT2D eigenvalue weighted by Gasteiger charge is 2.16. The van der Waals surface area contributed by atoms with E-state index in [0.29, 0.717) is 18.9 Å². The average molecular weight is 456 g/mol. The highest BCUT2D eigenvalue weighted by atomic mass is 32.1. The number of fused-ring (bicyclic) bond motifs is 1. The van der Waals surface area contributed by atoms with Gasteiger partial charge in [0.1, 0.15) is 29.1 Å². The number of benzene rings is 3. The van der Waals surface area contributed by atoms with E-state index in [1.165, 1.54) is 11.3 Å². The van der Waals surface area contributed by atoms with Crippen LogP contribution in [0.25, 0.3) is 21.2 Å². The number of rotatable bonds is 7. The summed E-state index contributed by atoms with van der Waals surface area (Å²) in [6.07, 6.45) is 1.42. The van der Waals surface area contributed by atoms with Gasteiger partial charge in [0.2, 0.25) is 0 Å². The summed E-state index contributed by atoms with van der Waals surface area (Å²) >= 11 is 1.53. The Morgan fingerprint density at radius 2 is 1.85 bits per heavy atom. The van der Waals surface area contributed by atoms with Crippen molar-refractivity contribution in [2.45, 2.75) is 26.4 Å². The maximum Gasteiger partial charge on any atom is 0.136 e. The van der Waals surface area contributed by atoms with E-state index in [0.717, 1.165) is 55.0 Å². The van der Waals surface area contributed by atoms with Crippen molar-refractivity contribution in [1.82, 2.24) is 5.43 Å². The fourth-order valence-corrected chi connectivity index (χ4v) is 4.78. The minimum atomic E-state index is 0.446. The van der Waals surface area contributed by atoms with Crippen molar-refractivity contribution >= 4 is 27.3 Å². The van der Waals surface area contributed by atoms with Crippen LogP contribution in [0.2, 0.25) is 0 Å². The van der Waals surface area contributed by atoms with Crippen molar-refractivity contribution < 1.29 is 4.74 Å². The molecule has 6 nitrogen and oxygen atoms in total. The van der Waals surface area contributed by atoms with Crippen LogP contribution in [-0.2, 0) is 13.0 Å². The molecule has 0 aliphatic heterocycles. The van der Waals surface area contributed by atoms with E-state index in [2.05, 4.69) is 53.9 Å². The molecule has 0 atom stereocenters. The van der Waals surface area contributed by atoms with Crippen molar-refractivity contribution in [1.29, 1.82) is 5.26 Å². The number of hydrazine groups is 1. The van der Waals surface area contributed by atoms with Crippen LogP contribution in [0.5, 0.6) is 5.75 Å². The lowest BCUT2D eigenvalue weighted by atomic mass is 9.97. The molecule has 4 rings (SSSR count). The van der Waals surface area contributed by atoms with E-state index in [1.54, 1.807) is 0 Å². The Morgan fingerprint density at radius 3 is 2.55 bits per heavy atom. The molecule has 0 unspecified atom stereocenters. The second-order valence-corrected chi connectivity index (χ2v) is 8.77. The summed E-state index contributed by atoms with van der Waals surface area (Å²) < 4.78 is 7.13. The molecular formula is C26H25N5OS. The molecule has 0 amide bonds. The van der Waals surface area contributed by atoms with Crippen LogP contribution < -0.4 is 21.8 Å². The molecule has 0 radical (unpaired) electrons. The minimum absolute atomic E-state index is 0.446. The monoisotopic (exact) mass is 455 g/mol. The molecule has 0 bridgehead atoms. The quantitative estimate of drug-likeness (QED) is 0.157. The molecule has 5 N–H and O–H groups in total. The van der Waals surface area contributed by atoms with E-state index < -0.39 is 0 Å². The Hall–Kier alpha value is -3.86. The maximum atomic E-state index is 9.73. The zero-order chi connectivity index (χ0) is 23.2. The largest absolute Gasteiger partial charge is 0.489 e. The molecule has 0 saturated heterocycles. The standard InChI is InChI=1S/C26H25N5OS/c1-17-4-2-3-5-21(17)26-22-14-19(8-12-23(22)33-24(26)15-27)16-32-20-10-6-18(7-11-20)9-13-25(30-28)31-29/h2-8,10-12,14H,9,13,16,28-29H2,1H3,(H,30,31). The zero-order valence-electron chi connectivity index (χ0n) is 18.3. The van der Waals surface area contributed by atoms with Crippen LogP contribution in [0.4, 0.5) is 0 Å². The molecule has 0 aliphatic carbocycles. The maximum absolute atomic E-state index is 9.73. The number of nitrogens with zero attached hydrogens (tertiary/aromatic N) is 2. The highest BCUT2D eigenvalue weighted by molar-refractivity contribution is 7.20. The molecule has 0 saturated carbocycles. The molecule has 3 aromatic carbocycles. The number of thiophene rings is 1. The molecule has 7 heteroatoms. The predicted molar refractivity (Wildman–Crippen MR) is 135 cm³/mol. The van der Waals surface area contributed by atoms with E-state index in [-0.39, 0.29) is 0 Å². The van der Waals surface area contributed by atoms with Crippen LogP contribution in [-0.4, -0.2) is 5.84 Å². The number of nitrogens with one attached hydrogen (secondary N) is 1. The van der Waals surface area contributed by atoms with Gasteiger partial charge in [0.05, 0.1) is 0 Å². The zero-order valence-corrected chi connectivity index (χ0v) is 19.2. The normalized spacial score (nSPS) is 11.4. The smallest absolute Gasteiger partial charge is 0.136 e. The molecule has 0 fully saturated rings. The number of aryl methyl sites for hydroxylation is 2. The van der Waals surface area contributed by atoms with E-state index in [4.69, 9.17) is 16.4 Å². The Bertz CT molecular complexity index is 1340. The lowest BCUT2D eigenvalue weighted by molar-refractivity contribution is 0.306. The topological polar surface area (TPSA) is 109 Å². The summed E-state index contributed by atoms with van der Waals surface area (Å²) in [5.74, 6) is 12.0. The first-order valence-electron chi connectivity index (χ1n) is 10.6. The summed E-state index contributed by atoms with van der Waals surface area (Å²) in [4.78, 5) is 0.737. The Kier molecular flexibility index (Phi) is 6.89. The number of amidine groups is 1. The molecular weight excluding hydrogens is 430 g/mol. The van der Waals surface area contributed by atoms with Gasteiger partial charge in [-0.2, -0.15) is 10.4 Å². The first-order chi connectivity index (χ1) is 16.1. The van der Waals surface area contributed by atoms with Gasteiger partial charge in [-0.25, -0.2) is 5.84 Å². The fourth-order valence-electron chi connectivity index (χ4n) is 3.79. The minimum Gasteiger partial charge on any atom is -0.489 e. The number of hydrazone groups is 1. The van der Waals surface area contributed by atoms with Gasteiger partial charge in [-0.05, 0) is 59.9 Å². The van der Waals surface area contributed by atoms with Gasteiger partial charge in [-0.3, -0.25) is 0 Å². The molecule has 1 aromatic heterocycles. The van der Waals surface area contributed by atoms with Crippen LogP contribution >= 0.6 is 11.3 Å². The van der Waals surface area contributed by atoms with Crippen LogP contribution in [0.15, 0.2) is 71.8 Å². The molecule has 1 heterocycles. The van der Waals surface area contributed by atoms with Crippen molar-refractivity contribution in [3.05, 3.63) is 88.3 Å². The van der Waals surface area contributed by atoms with Crippen molar-refractivity contribution in [2.75, 3.05) is 0 Å². The van der Waals surface area contributed by atoms with Crippen LogP contribution in [0.3, 0.4) is 0 Å². The van der Waals surface area contributed by atoms with Crippen molar-refractivity contribution in [2.24, 2.45) is 16.8 Å². The summed E-state index contributed by atoms with van der Waals surface area (Å²) in [7, 11) is 0. The lowest BCUT2D eigenvalue weighted by Gasteiger charge is -2.09. The van der Waals surface area contributed by atoms with Crippen molar-refractivity contribution in [3.8, 4) is 22.9 Å². The molecule has 166 valence electrons. The lowest BCUT2D eigenvalue weighted by Crippen LogP contribution is -2.31. The van der Waals surface area contributed by atoms with Gasteiger partial charge < -0.3 is 16.0 Å². The first-order valence-corrected chi connectivity index (χ1v) is 11.4. The molecule has 4 aromatic rings. The average Bonchev–Trinajstić information content (AvgIpc) is 3.22. The van der Waals surface area contributed by atoms with Gasteiger partial charge in [0.25, 0.3) is 0 Å². The third-order valence-corrected chi connectivity index (χ3v) is 6.65. The molecule has 0 aliphatic rings. The number of hydrogen-bond acceptors (Lipinski definition) is 6. The van der Waals surface area contributed by atoms with Gasteiger partial charge in [0, 0.05) is 22.1 Å². The van der Waals surface area contributed by atoms with Crippen LogP contribution in [0, 0.1) is 18.3 Å². The number of nitrogens with two attached hydrogens (primary N) is 2. The Labute approximate surface area is 197 Å². The van der Waals surface area contributed by atoms with Crippen molar-refractivity contribution in [3.63, 3.8) is 0 Å². The Morgan fingerprint density at radius 1 is 1.09 bits per heavy atom. The molecule has 0 spiro atoms. The second kappa shape index (κ2) is 10.2. The predicted octanol–water partition coefficient (Wildman–Crippen LogP) is 5.00. The van der Waals surface area contributed by atoms with Gasteiger partial charge in [0.15, 0.2) is 0 Å². The van der Waals surface area contributed by atoms with Gasteiger partial charge in [-0.1, -0.05) is 42.5 Å². The number of nitriles is 1. The summed E-state index contributed by atoms with van der Waals surface area (Å²) in [5, 5.41) is 14.4. The van der Waals surface area contributed by atoms with E-state index >= 15 is 0 Å². The highest BCUT2D eigenvalue weighted by Crippen LogP contribution is 2.40. The Balaban J connectivity index is 1.51. The summed E-state index contributed by atoms with van der Waals surface area (Å²) in [6, 6.07) is 24.8. The summed E-state index contributed by atoms with van der Waals surface area (Å²) in [6.45, 7) is 2.52. The fraction of sp³-hybridized carbons (Fsp3) is 0.154. The number of hydrogen-bond donors (Lipinski definition) is 3. The first kappa shape index (κ1) is 22.3. The summed E-state index contributed by atoms with van der Waals surface area (Å²) in [5.41, 5.74) is 7.95. The van der Waals surface area contributed by atoms with Gasteiger partial charge >= 0.3 is 0 Å². The van der Waals surface area contributed by atoms with Gasteiger partial charge in [-0.15, -0.1) is 11.3 Å². The van der Waals surface area contributed by atoms with E-state index in [9.17, 15) is 5.26 Å². The molecule has 33 heavy (non-hydrogen) atoms. The number of ether oxygens (including phenoxy) is 1. The second-order valence-electron chi connectivity index (χ2n) is 7.72. The van der Waals surface area contributed by atoms with Crippen LogP contribution in [0.1, 0.15) is 28.0 Å².